The van der Waals surface area contributed by atoms with E-state index in [1.165, 1.54) is 30.0 Å². The summed E-state index contributed by atoms with van der Waals surface area (Å²) < 4.78 is 0. The molecule has 0 bridgehead atoms. The number of carbonyl (C=O) groups excluding carboxylic acids is 2. The van der Waals surface area contributed by atoms with Crippen LogP contribution in [-0.2, 0) is 9.59 Å². The molecule has 1 atom stereocenters. The van der Waals surface area contributed by atoms with E-state index in [0.29, 0.717) is 5.69 Å². The molecule has 0 aromatic heterocycles. The average molecular weight is 330 g/mol. The maximum atomic E-state index is 12.1. The Hall–Kier alpha value is -2.67. The van der Waals surface area contributed by atoms with Gasteiger partial charge in [-0.2, -0.15) is 0 Å². The van der Waals surface area contributed by atoms with E-state index >= 15 is 0 Å². The first-order valence-electron chi connectivity index (χ1n) is 6.91. The Morgan fingerprint density at radius 2 is 1.96 bits per heavy atom. The van der Waals surface area contributed by atoms with Gasteiger partial charge in [0.15, 0.2) is 11.5 Å². The summed E-state index contributed by atoms with van der Waals surface area (Å²) in [5.41, 5.74) is 1.11. The van der Waals surface area contributed by atoms with Gasteiger partial charge in [-0.25, -0.2) is 0 Å². The van der Waals surface area contributed by atoms with Gasteiger partial charge in [0.05, 0.1) is 10.9 Å². The van der Waals surface area contributed by atoms with Gasteiger partial charge in [-0.15, -0.1) is 11.8 Å². The van der Waals surface area contributed by atoms with Crippen molar-refractivity contribution in [2.75, 3.05) is 10.6 Å². The number of aromatic hydroxyl groups is 2. The molecule has 3 rings (SSSR count). The van der Waals surface area contributed by atoms with E-state index in [-0.39, 0.29) is 29.7 Å². The standard InChI is InChI=1S/C16H14N2O4S/c19-11-6-5-9(7-12(11)20)17-15(21)8-14-16(22)18-10-3-1-2-4-13(10)23-14/h1-7,14,19-20H,8H2,(H,17,21)(H,18,22). The number of benzene rings is 2. The fourth-order valence-electron chi connectivity index (χ4n) is 2.21. The molecule has 1 unspecified atom stereocenters. The summed E-state index contributed by atoms with van der Waals surface area (Å²) in [4.78, 5) is 25.1. The van der Waals surface area contributed by atoms with E-state index in [1.54, 1.807) is 0 Å². The van der Waals surface area contributed by atoms with Crippen LogP contribution in [-0.4, -0.2) is 27.3 Å². The molecular weight excluding hydrogens is 316 g/mol. The molecule has 2 amide bonds. The lowest BCUT2D eigenvalue weighted by Gasteiger charge is -2.23. The van der Waals surface area contributed by atoms with Crippen LogP contribution in [0.25, 0.3) is 0 Å². The first kappa shape index (κ1) is 15.2. The predicted molar refractivity (Wildman–Crippen MR) is 87.7 cm³/mol. The summed E-state index contributed by atoms with van der Waals surface area (Å²) in [5.74, 6) is -1.14. The Kier molecular flexibility index (Phi) is 4.12. The highest BCUT2D eigenvalue weighted by atomic mass is 32.2. The maximum absolute atomic E-state index is 12.1. The van der Waals surface area contributed by atoms with Crippen LogP contribution in [0.4, 0.5) is 11.4 Å². The van der Waals surface area contributed by atoms with Crippen LogP contribution in [0.15, 0.2) is 47.4 Å². The highest BCUT2D eigenvalue weighted by Gasteiger charge is 2.28. The molecule has 0 aliphatic carbocycles. The van der Waals surface area contributed by atoms with Crippen LogP contribution in [0.5, 0.6) is 11.5 Å². The van der Waals surface area contributed by atoms with Crippen molar-refractivity contribution in [3.05, 3.63) is 42.5 Å². The number of carbonyl (C=O) groups is 2. The molecule has 6 nitrogen and oxygen atoms in total. The Balaban J connectivity index is 1.66. The minimum Gasteiger partial charge on any atom is -0.504 e. The van der Waals surface area contributed by atoms with Crippen LogP contribution in [0.3, 0.4) is 0 Å². The summed E-state index contributed by atoms with van der Waals surface area (Å²) in [6.07, 6.45) is 0.00642. The number of hydrogen-bond acceptors (Lipinski definition) is 5. The quantitative estimate of drug-likeness (QED) is 0.512. The van der Waals surface area contributed by atoms with Crippen molar-refractivity contribution in [1.82, 2.24) is 0 Å². The van der Waals surface area contributed by atoms with Crippen LogP contribution < -0.4 is 10.6 Å². The molecule has 0 radical (unpaired) electrons. The first-order chi connectivity index (χ1) is 11.0. The van der Waals surface area contributed by atoms with Gasteiger partial charge >= 0.3 is 0 Å². The second kappa shape index (κ2) is 6.21. The van der Waals surface area contributed by atoms with Gasteiger partial charge in [-0.05, 0) is 24.3 Å². The predicted octanol–water partition coefficient (Wildman–Crippen LogP) is 2.54. The number of anilines is 2. The summed E-state index contributed by atoms with van der Waals surface area (Å²) >= 11 is 1.35. The number of fused-ring (bicyclic) bond motifs is 1. The van der Waals surface area contributed by atoms with Crippen molar-refractivity contribution in [1.29, 1.82) is 0 Å². The molecule has 1 heterocycles. The highest BCUT2D eigenvalue weighted by Crippen LogP contribution is 2.36. The van der Waals surface area contributed by atoms with Gasteiger partial charge in [0.25, 0.3) is 0 Å². The molecule has 2 aromatic rings. The summed E-state index contributed by atoms with van der Waals surface area (Å²) in [6, 6.07) is 11.4. The minimum absolute atomic E-state index is 0.00642. The molecule has 23 heavy (non-hydrogen) atoms. The van der Waals surface area contributed by atoms with E-state index < -0.39 is 5.25 Å². The zero-order chi connectivity index (χ0) is 16.4. The summed E-state index contributed by atoms with van der Waals surface area (Å²) in [5, 5.41) is 23.5. The van der Waals surface area contributed by atoms with Crippen molar-refractivity contribution in [3.8, 4) is 11.5 Å². The van der Waals surface area contributed by atoms with Gasteiger partial charge in [0.1, 0.15) is 0 Å². The zero-order valence-electron chi connectivity index (χ0n) is 11.9. The molecule has 0 saturated carbocycles. The number of phenols is 2. The Morgan fingerprint density at radius 1 is 1.17 bits per heavy atom. The molecule has 4 N–H and O–H groups in total. The fraction of sp³-hybridized carbons (Fsp3) is 0.125. The van der Waals surface area contributed by atoms with Crippen molar-refractivity contribution >= 4 is 35.0 Å². The minimum atomic E-state index is -0.518. The van der Waals surface area contributed by atoms with Crippen LogP contribution >= 0.6 is 11.8 Å². The van der Waals surface area contributed by atoms with Crippen molar-refractivity contribution in [2.24, 2.45) is 0 Å². The Labute approximate surface area is 136 Å². The molecule has 2 aromatic carbocycles. The normalized spacial score (nSPS) is 16.3. The molecule has 118 valence electrons. The number of nitrogens with one attached hydrogen (secondary N) is 2. The molecule has 0 spiro atoms. The van der Waals surface area contributed by atoms with Gasteiger partial charge in [-0.3, -0.25) is 9.59 Å². The SMILES string of the molecule is O=C(CC1Sc2ccccc2NC1=O)Nc1ccc(O)c(O)c1. The van der Waals surface area contributed by atoms with Crippen LogP contribution in [0.2, 0.25) is 0 Å². The average Bonchev–Trinajstić information content (AvgIpc) is 2.51. The number of hydrogen-bond donors (Lipinski definition) is 4. The van der Waals surface area contributed by atoms with Gasteiger partial charge in [0.2, 0.25) is 11.8 Å². The van der Waals surface area contributed by atoms with E-state index in [9.17, 15) is 19.8 Å². The van der Waals surface area contributed by atoms with Gasteiger partial charge in [-0.1, -0.05) is 12.1 Å². The van der Waals surface area contributed by atoms with E-state index in [4.69, 9.17) is 0 Å². The second-order valence-corrected chi connectivity index (χ2v) is 6.29. The zero-order valence-corrected chi connectivity index (χ0v) is 12.8. The first-order valence-corrected chi connectivity index (χ1v) is 7.79. The summed E-state index contributed by atoms with van der Waals surface area (Å²) in [7, 11) is 0. The lowest BCUT2D eigenvalue weighted by Crippen LogP contribution is -2.32. The van der Waals surface area contributed by atoms with E-state index in [0.717, 1.165) is 10.6 Å². The smallest absolute Gasteiger partial charge is 0.238 e. The summed E-state index contributed by atoms with van der Waals surface area (Å²) in [6.45, 7) is 0. The van der Waals surface area contributed by atoms with Crippen LogP contribution in [0.1, 0.15) is 6.42 Å². The third-order valence-electron chi connectivity index (χ3n) is 3.34. The molecule has 0 saturated heterocycles. The molecular formula is C16H14N2O4S. The number of amides is 2. The molecule has 0 fully saturated rings. The monoisotopic (exact) mass is 330 g/mol. The molecule has 1 aliphatic rings. The van der Waals surface area contributed by atoms with Crippen LogP contribution in [0, 0.1) is 0 Å². The number of phenolic OH excluding ortho intramolecular Hbond substituents is 2. The third-order valence-corrected chi connectivity index (χ3v) is 4.61. The maximum Gasteiger partial charge on any atom is 0.238 e. The Bertz CT molecular complexity index is 778. The molecule has 1 aliphatic heterocycles. The lowest BCUT2D eigenvalue weighted by molar-refractivity contribution is -0.120. The number of rotatable bonds is 3. The third kappa shape index (κ3) is 3.40. The Morgan fingerprint density at radius 3 is 2.74 bits per heavy atom. The van der Waals surface area contributed by atoms with Crippen molar-refractivity contribution in [3.63, 3.8) is 0 Å². The topological polar surface area (TPSA) is 98.7 Å². The van der Waals surface area contributed by atoms with Crippen molar-refractivity contribution in [2.45, 2.75) is 16.6 Å². The second-order valence-electron chi connectivity index (χ2n) is 5.05. The number of thioether (sulfide) groups is 1. The highest BCUT2D eigenvalue weighted by molar-refractivity contribution is 8.01. The number of para-hydroxylation sites is 1. The van der Waals surface area contributed by atoms with E-state index in [2.05, 4.69) is 10.6 Å². The largest absolute Gasteiger partial charge is 0.504 e. The fourth-order valence-corrected chi connectivity index (χ4v) is 3.32. The van der Waals surface area contributed by atoms with Gasteiger partial charge in [0, 0.05) is 23.1 Å². The van der Waals surface area contributed by atoms with E-state index in [1.807, 2.05) is 24.3 Å². The lowest BCUT2D eigenvalue weighted by atomic mass is 10.2. The van der Waals surface area contributed by atoms with Crippen molar-refractivity contribution < 1.29 is 19.8 Å². The van der Waals surface area contributed by atoms with Gasteiger partial charge < -0.3 is 20.8 Å². The molecule has 7 heteroatoms.